The van der Waals surface area contributed by atoms with Gasteiger partial charge in [-0.05, 0) is 55.9 Å². The van der Waals surface area contributed by atoms with E-state index in [2.05, 4.69) is 21.5 Å². The number of phenols is 1. The van der Waals surface area contributed by atoms with Crippen LogP contribution in [0.4, 0.5) is 8.78 Å². The number of methoxy groups -OCH3 is 1. The van der Waals surface area contributed by atoms with Gasteiger partial charge in [-0.25, -0.2) is 13.8 Å². The minimum atomic E-state index is -1.16. The monoisotopic (exact) mass is 493 g/mol. The van der Waals surface area contributed by atoms with Gasteiger partial charge in [0.1, 0.15) is 0 Å². The number of carbonyl (C=O) groups is 1. The van der Waals surface area contributed by atoms with Crippen LogP contribution in [0, 0.1) is 17.6 Å². The smallest absolute Gasteiger partial charge is 0.316 e. The third-order valence-corrected chi connectivity index (χ3v) is 6.66. The van der Waals surface area contributed by atoms with Crippen LogP contribution in [-0.2, 0) is 0 Å². The highest BCUT2D eigenvalue weighted by Crippen LogP contribution is 2.33. The lowest BCUT2D eigenvalue weighted by Gasteiger charge is -2.28. The fourth-order valence-corrected chi connectivity index (χ4v) is 4.63. The van der Waals surface area contributed by atoms with E-state index in [0.29, 0.717) is 12.6 Å². The van der Waals surface area contributed by atoms with E-state index in [1.807, 2.05) is 28.9 Å². The summed E-state index contributed by atoms with van der Waals surface area (Å²) in [5.74, 6) is -3.69. The summed E-state index contributed by atoms with van der Waals surface area (Å²) in [6.45, 7) is 0.419. The molecule has 5 rings (SSSR count). The number of aromatic nitrogens is 4. The number of carbonyl (C=O) groups excluding carboxylic acids is 1. The normalized spacial score (nSPS) is 17.8. The highest BCUT2D eigenvalue weighted by molar-refractivity contribution is 5.94. The Hall–Kier alpha value is -4.08. The molecule has 0 atom stereocenters. The van der Waals surface area contributed by atoms with Crippen LogP contribution in [0.25, 0.3) is 22.2 Å². The maximum Gasteiger partial charge on any atom is 0.316 e. The number of benzene rings is 2. The molecular weight excluding hydrogens is 468 g/mol. The minimum Gasteiger partial charge on any atom is -0.503 e. The standard InChI is InChI=1S/C26H25F2N5O3/c1-36-26-29-9-8-22(31-26)16-4-5-17-14-33(32-23(17)12-16)19-6-2-15(3-7-19)13-30-25(35)18-10-20(27)24(34)21(28)11-18/h4-5,8-12,14-15,19,34H,2-3,6-7,13H2,1H3,(H,30,35). The van der Waals surface area contributed by atoms with Crippen molar-refractivity contribution in [3.8, 4) is 23.0 Å². The fourth-order valence-electron chi connectivity index (χ4n) is 4.63. The average Bonchev–Trinajstić information content (AvgIpc) is 3.34. The zero-order valence-corrected chi connectivity index (χ0v) is 19.6. The molecule has 186 valence electrons. The van der Waals surface area contributed by atoms with E-state index in [1.165, 1.54) is 7.11 Å². The van der Waals surface area contributed by atoms with Crippen LogP contribution in [0.3, 0.4) is 0 Å². The van der Waals surface area contributed by atoms with E-state index in [4.69, 9.17) is 9.84 Å². The van der Waals surface area contributed by atoms with Crippen molar-refractivity contribution in [1.82, 2.24) is 25.1 Å². The fraction of sp³-hybridized carbons (Fsp3) is 0.308. The van der Waals surface area contributed by atoms with Gasteiger partial charge in [0.2, 0.25) is 0 Å². The Labute approximate surface area is 206 Å². The molecule has 0 aliphatic heterocycles. The van der Waals surface area contributed by atoms with Gasteiger partial charge in [0.15, 0.2) is 17.4 Å². The molecule has 2 aromatic carbocycles. The molecule has 1 fully saturated rings. The molecule has 0 bridgehead atoms. The number of ether oxygens (including phenoxy) is 1. The number of phenolic OH excluding ortho intramolecular Hbond substituents is 1. The Bertz CT molecular complexity index is 1390. The first kappa shape index (κ1) is 23.7. The summed E-state index contributed by atoms with van der Waals surface area (Å²) < 4.78 is 34.2. The molecule has 36 heavy (non-hydrogen) atoms. The quantitative estimate of drug-likeness (QED) is 0.406. The molecule has 0 unspecified atom stereocenters. The number of nitrogens with zero attached hydrogens (tertiary/aromatic N) is 4. The topological polar surface area (TPSA) is 102 Å². The second-order valence-electron chi connectivity index (χ2n) is 8.98. The van der Waals surface area contributed by atoms with Crippen LogP contribution in [0.5, 0.6) is 11.8 Å². The van der Waals surface area contributed by atoms with Crippen LogP contribution in [0.2, 0.25) is 0 Å². The van der Waals surface area contributed by atoms with Crippen molar-refractivity contribution in [2.75, 3.05) is 13.7 Å². The molecule has 2 aromatic heterocycles. The Morgan fingerprint density at radius 2 is 1.89 bits per heavy atom. The zero-order chi connectivity index (χ0) is 25.2. The predicted molar refractivity (Wildman–Crippen MR) is 129 cm³/mol. The number of hydrogen-bond donors (Lipinski definition) is 2. The second kappa shape index (κ2) is 9.88. The van der Waals surface area contributed by atoms with Gasteiger partial charge in [-0.1, -0.05) is 12.1 Å². The Balaban J connectivity index is 1.19. The van der Waals surface area contributed by atoms with Crippen molar-refractivity contribution in [2.45, 2.75) is 31.7 Å². The summed E-state index contributed by atoms with van der Waals surface area (Å²) in [5, 5.41) is 17.8. The highest BCUT2D eigenvalue weighted by Gasteiger charge is 2.24. The minimum absolute atomic E-state index is 0.153. The average molecular weight is 494 g/mol. The maximum atomic E-state index is 13.5. The molecule has 2 heterocycles. The summed E-state index contributed by atoms with van der Waals surface area (Å²) in [4.78, 5) is 20.7. The molecule has 10 heteroatoms. The summed E-state index contributed by atoms with van der Waals surface area (Å²) in [6.07, 6.45) is 7.32. The molecule has 1 aliphatic carbocycles. The number of rotatable bonds is 6. The van der Waals surface area contributed by atoms with Crippen molar-refractivity contribution in [2.24, 2.45) is 5.92 Å². The number of aromatic hydroxyl groups is 1. The van der Waals surface area contributed by atoms with Gasteiger partial charge in [-0.3, -0.25) is 9.48 Å². The number of amides is 1. The van der Waals surface area contributed by atoms with Crippen LogP contribution in [-0.4, -0.2) is 44.4 Å². The Kier molecular flexibility index (Phi) is 6.49. The molecule has 4 aromatic rings. The second-order valence-corrected chi connectivity index (χ2v) is 8.98. The summed E-state index contributed by atoms with van der Waals surface area (Å²) >= 11 is 0. The summed E-state index contributed by atoms with van der Waals surface area (Å²) in [5.41, 5.74) is 2.42. The molecule has 0 spiro atoms. The SMILES string of the molecule is COc1nccc(-c2ccc3cn(C4CCC(CNC(=O)c5cc(F)c(O)c(F)c5)CC4)nc3c2)n1. The van der Waals surface area contributed by atoms with Gasteiger partial charge in [-0.15, -0.1) is 0 Å². The third-order valence-electron chi connectivity index (χ3n) is 6.66. The largest absolute Gasteiger partial charge is 0.503 e. The van der Waals surface area contributed by atoms with Crippen LogP contribution in [0.1, 0.15) is 42.1 Å². The molecule has 1 aliphatic rings. The van der Waals surface area contributed by atoms with Crippen LogP contribution >= 0.6 is 0 Å². The third kappa shape index (κ3) is 4.84. The lowest BCUT2D eigenvalue weighted by Crippen LogP contribution is -2.31. The first-order valence-electron chi connectivity index (χ1n) is 11.7. The van der Waals surface area contributed by atoms with Crippen LogP contribution < -0.4 is 10.1 Å². The van der Waals surface area contributed by atoms with Crippen molar-refractivity contribution in [1.29, 1.82) is 0 Å². The highest BCUT2D eigenvalue weighted by atomic mass is 19.1. The van der Waals surface area contributed by atoms with E-state index in [0.717, 1.165) is 60.0 Å². The summed E-state index contributed by atoms with van der Waals surface area (Å²) in [6, 6.07) is 10.1. The van der Waals surface area contributed by atoms with Gasteiger partial charge in [0.05, 0.1) is 24.4 Å². The number of fused-ring (bicyclic) bond motifs is 1. The first-order chi connectivity index (χ1) is 17.4. The number of halogens is 2. The van der Waals surface area contributed by atoms with Gasteiger partial charge >= 0.3 is 6.01 Å². The van der Waals surface area contributed by atoms with Gasteiger partial charge in [0.25, 0.3) is 5.91 Å². The molecular formula is C26H25F2N5O3. The van der Waals surface area contributed by atoms with Crippen LogP contribution in [0.15, 0.2) is 48.8 Å². The van der Waals surface area contributed by atoms with Crippen molar-refractivity contribution in [3.05, 3.63) is 66.0 Å². The van der Waals surface area contributed by atoms with Gasteiger partial charge in [0, 0.05) is 35.5 Å². The van der Waals surface area contributed by atoms with Gasteiger partial charge in [-0.2, -0.15) is 10.1 Å². The van der Waals surface area contributed by atoms with E-state index in [9.17, 15) is 18.7 Å². The molecule has 1 saturated carbocycles. The zero-order valence-electron chi connectivity index (χ0n) is 19.6. The van der Waals surface area contributed by atoms with Gasteiger partial charge < -0.3 is 15.2 Å². The number of hydrogen-bond acceptors (Lipinski definition) is 6. The van der Waals surface area contributed by atoms with Crippen molar-refractivity contribution >= 4 is 16.8 Å². The lowest BCUT2D eigenvalue weighted by atomic mass is 9.86. The summed E-state index contributed by atoms with van der Waals surface area (Å²) in [7, 11) is 1.53. The molecule has 8 nitrogen and oxygen atoms in total. The molecule has 2 N–H and O–H groups in total. The van der Waals surface area contributed by atoms with E-state index < -0.39 is 23.3 Å². The predicted octanol–water partition coefficient (Wildman–Crippen LogP) is 4.65. The van der Waals surface area contributed by atoms with E-state index >= 15 is 0 Å². The number of nitrogens with one attached hydrogen (secondary N) is 1. The molecule has 1 amide bonds. The molecule has 0 saturated heterocycles. The van der Waals surface area contributed by atoms with E-state index in [-0.39, 0.29) is 17.5 Å². The molecule has 0 radical (unpaired) electrons. The maximum absolute atomic E-state index is 13.5. The Morgan fingerprint density at radius 1 is 1.14 bits per heavy atom. The van der Waals surface area contributed by atoms with E-state index in [1.54, 1.807) is 6.20 Å². The lowest BCUT2D eigenvalue weighted by molar-refractivity contribution is 0.0940. The Morgan fingerprint density at radius 3 is 2.61 bits per heavy atom. The van der Waals surface area contributed by atoms with Crippen molar-refractivity contribution in [3.63, 3.8) is 0 Å². The first-order valence-corrected chi connectivity index (χ1v) is 11.7. The van der Waals surface area contributed by atoms with Crippen molar-refractivity contribution < 1.29 is 23.4 Å².